The number of ether oxygens (including phenoxy) is 1. The van der Waals surface area contributed by atoms with E-state index in [4.69, 9.17) is 16.3 Å². The number of aromatic nitrogens is 3. The highest BCUT2D eigenvalue weighted by molar-refractivity contribution is 7.99. The minimum absolute atomic E-state index is 0.0838. The summed E-state index contributed by atoms with van der Waals surface area (Å²) in [5.74, 6) is 0.933. The van der Waals surface area contributed by atoms with Crippen LogP contribution in [0.3, 0.4) is 0 Å². The molecular formula is C24H21ClN4O3S. The first-order chi connectivity index (χ1) is 16.0. The summed E-state index contributed by atoms with van der Waals surface area (Å²) in [6, 6.07) is 19.8. The lowest BCUT2D eigenvalue weighted by Gasteiger charge is -2.12. The number of hydrogen-bond acceptors (Lipinski definition) is 6. The molecule has 0 aliphatic heterocycles. The zero-order chi connectivity index (χ0) is 23.4. The molecule has 0 spiro atoms. The zero-order valence-corrected chi connectivity index (χ0v) is 19.5. The van der Waals surface area contributed by atoms with Crippen molar-refractivity contribution in [3.8, 4) is 28.6 Å². The van der Waals surface area contributed by atoms with Crippen LogP contribution in [-0.2, 0) is 4.79 Å². The summed E-state index contributed by atoms with van der Waals surface area (Å²) in [7, 11) is 1.53. The molecule has 0 radical (unpaired) electrons. The summed E-state index contributed by atoms with van der Waals surface area (Å²) < 4.78 is 7.11. The molecule has 0 aliphatic rings. The van der Waals surface area contributed by atoms with Crippen LogP contribution in [0.25, 0.3) is 17.1 Å². The number of phenols is 1. The van der Waals surface area contributed by atoms with Crippen LogP contribution in [0.2, 0.25) is 5.02 Å². The van der Waals surface area contributed by atoms with E-state index in [-0.39, 0.29) is 17.4 Å². The molecular weight excluding hydrogens is 460 g/mol. The number of phenolic OH excluding ortho intramolecular Hbond substituents is 1. The van der Waals surface area contributed by atoms with Crippen molar-refractivity contribution >= 4 is 35.0 Å². The minimum atomic E-state index is -0.247. The van der Waals surface area contributed by atoms with E-state index in [1.807, 2.05) is 41.8 Å². The maximum Gasteiger partial charge on any atom is 0.234 e. The summed E-state index contributed by atoms with van der Waals surface area (Å²) in [6.45, 7) is 2.00. The number of carbonyl (C=O) groups is 1. The molecule has 0 unspecified atom stereocenters. The SMILES string of the molecule is COc1ccc(Cl)cc1NC(=O)CSc1nnc(-c2ccccc2O)n1-c1ccc(C)cc1. The predicted molar refractivity (Wildman–Crippen MR) is 131 cm³/mol. The van der Waals surface area contributed by atoms with Crippen molar-refractivity contribution in [3.05, 3.63) is 77.3 Å². The topological polar surface area (TPSA) is 89.3 Å². The van der Waals surface area contributed by atoms with Gasteiger partial charge in [0.1, 0.15) is 11.5 Å². The van der Waals surface area contributed by atoms with Crippen LogP contribution in [0.4, 0.5) is 5.69 Å². The number of amides is 1. The second-order valence-electron chi connectivity index (χ2n) is 7.18. The molecule has 1 heterocycles. The van der Waals surface area contributed by atoms with Gasteiger partial charge in [-0.2, -0.15) is 0 Å². The molecule has 1 amide bonds. The average molecular weight is 481 g/mol. The Bertz CT molecular complexity index is 1290. The van der Waals surface area contributed by atoms with Gasteiger partial charge in [-0.15, -0.1) is 10.2 Å². The van der Waals surface area contributed by atoms with Crippen molar-refractivity contribution in [1.82, 2.24) is 14.8 Å². The Balaban J connectivity index is 1.62. The van der Waals surface area contributed by atoms with E-state index in [9.17, 15) is 9.90 Å². The number of nitrogens with zero attached hydrogens (tertiary/aromatic N) is 3. The van der Waals surface area contributed by atoms with Gasteiger partial charge in [-0.25, -0.2) is 0 Å². The van der Waals surface area contributed by atoms with E-state index in [1.165, 1.54) is 18.9 Å². The second kappa shape index (κ2) is 9.97. The van der Waals surface area contributed by atoms with Crippen LogP contribution in [0.1, 0.15) is 5.56 Å². The van der Waals surface area contributed by atoms with Crippen molar-refractivity contribution in [2.24, 2.45) is 0 Å². The lowest BCUT2D eigenvalue weighted by molar-refractivity contribution is -0.113. The van der Waals surface area contributed by atoms with Gasteiger partial charge < -0.3 is 15.2 Å². The van der Waals surface area contributed by atoms with Crippen LogP contribution < -0.4 is 10.1 Å². The van der Waals surface area contributed by atoms with Crippen LogP contribution in [0.5, 0.6) is 11.5 Å². The van der Waals surface area contributed by atoms with Crippen LogP contribution in [-0.4, -0.2) is 38.6 Å². The lowest BCUT2D eigenvalue weighted by atomic mass is 10.1. The molecule has 0 bridgehead atoms. The first-order valence-electron chi connectivity index (χ1n) is 10.0. The molecule has 9 heteroatoms. The van der Waals surface area contributed by atoms with E-state index in [0.717, 1.165) is 11.3 Å². The molecule has 2 N–H and O–H groups in total. The predicted octanol–water partition coefficient (Wildman–Crippen LogP) is 5.34. The monoisotopic (exact) mass is 480 g/mol. The Hall–Kier alpha value is -3.49. The third kappa shape index (κ3) is 5.13. The quantitative estimate of drug-likeness (QED) is 0.347. The van der Waals surface area contributed by atoms with Gasteiger partial charge in [-0.1, -0.05) is 53.2 Å². The maximum absolute atomic E-state index is 12.7. The van der Waals surface area contributed by atoms with Gasteiger partial charge in [0.05, 0.1) is 24.1 Å². The van der Waals surface area contributed by atoms with Gasteiger partial charge in [0.2, 0.25) is 5.91 Å². The number of halogens is 1. The number of thioether (sulfide) groups is 1. The molecule has 168 valence electrons. The third-order valence-electron chi connectivity index (χ3n) is 4.84. The number of nitrogens with one attached hydrogen (secondary N) is 1. The number of rotatable bonds is 7. The molecule has 0 fully saturated rings. The molecule has 1 aromatic heterocycles. The number of aromatic hydroxyl groups is 1. The highest BCUT2D eigenvalue weighted by Crippen LogP contribution is 2.33. The molecule has 4 rings (SSSR count). The zero-order valence-electron chi connectivity index (χ0n) is 17.9. The normalized spacial score (nSPS) is 10.8. The molecule has 33 heavy (non-hydrogen) atoms. The number of anilines is 1. The van der Waals surface area contributed by atoms with Gasteiger partial charge in [0.25, 0.3) is 0 Å². The van der Waals surface area contributed by atoms with Crippen LogP contribution >= 0.6 is 23.4 Å². The van der Waals surface area contributed by atoms with E-state index >= 15 is 0 Å². The summed E-state index contributed by atoms with van der Waals surface area (Å²) in [5, 5.41) is 22.8. The maximum atomic E-state index is 12.7. The Morgan fingerprint density at radius 3 is 2.61 bits per heavy atom. The highest BCUT2D eigenvalue weighted by Gasteiger charge is 2.19. The Kier molecular flexibility index (Phi) is 6.86. The van der Waals surface area contributed by atoms with E-state index in [1.54, 1.807) is 36.4 Å². The Morgan fingerprint density at radius 2 is 1.88 bits per heavy atom. The molecule has 0 saturated carbocycles. The second-order valence-corrected chi connectivity index (χ2v) is 8.55. The van der Waals surface area contributed by atoms with Gasteiger partial charge >= 0.3 is 0 Å². The first kappa shape index (κ1) is 22.7. The molecule has 7 nitrogen and oxygen atoms in total. The summed E-state index contributed by atoms with van der Waals surface area (Å²) >= 11 is 7.28. The highest BCUT2D eigenvalue weighted by atomic mass is 35.5. The number of para-hydroxylation sites is 1. The fraction of sp³-hybridized carbons (Fsp3) is 0.125. The Morgan fingerprint density at radius 1 is 1.12 bits per heavy atom. The van der Waals surface area contributed by atoms with E-state index in [0.29, 0.717) is 33.0 Å². The first-order valence-corrected chi connectivity index (χ1v) is 11.4. The van der Waals surface area contributed by atoms with Crippen molar-refractivity contribution in [2.75, 3.05) is 18.2 Å². The van der Waals surface area contributed by atoms with Crippen molar-refractivity contribution < 1.29 is 14.6 Å². The third-order valence-corrected chi connectivity index (χ3v) is 6.00. The minimum Gasteiger partial charge on any atom is -0.507 e. The number of hydrogen-bond donors (Lipinski definition) is 2. The van der Waals surface area contributed by atoms with Crippen molar-refractivity contribution in [2.45, 2.75) is 12.1 Å². The van der Waals surface area contributed by atoms with Crippen LogP contribution in [0.15, 0.2) is 71.9 Å². The number of methoxy groups -OCH3 is 1. The molecule has 0 aliphatic carbocycles. The lowest BCUT2D eigenvalue weighted by Crippen LogP contribution is -2.15. The largest absolute Gasteiger partial charge is 0.507 e. The molecule has 0 saturated heterocycles. The van der Waals surface area contributed by atoms with Crippen molar-refractivity contribution in [1.29, 1.82) is 0 Å². The molecule has 0 atom stereocenters. The Labute approximate surface area is 200 Å². The van der Waals surface area contributed by atoms with Gasteiger partial charge in [0, 0.05) is 10.7 Å². The van der Waals surface area contributed by atoms with Gasteiger partial charge in [-0.3, -0.25) is 9.36 Å². The fourth-order valence-electron chi connectivity index (χ4n) is 3.22. The number of benzene rings is 3. The number of aryl methyl sites for hydroxylation is 1. The summed E-state index contributed by atoms with van der Waals surface area (Å²) in [4.78, 5) is 12.7. The summed E-state index contributed by atoms with van der Waals surface area (Å²) in [6.07, 6.45) is 0. The fourth-order valence-corrected chi connectivity index (χ4v) is 4.15. The molecule has 3 aromatic carbocycles. The molecule has 4 aromatic rings. The summed E-state index contributed by atoms with van der Waals surface area (Å²) in [5.41, 5.74) is 2.97. The van der Waals surface area contributed by atoms with Gasteiger partial charge in [-0.05, 0) is 49.4 Å². The van der Waals surface area contributed by atoms with E-state index in [2.05, 4.69) is 15.5 Å². The van der Waals surface area contributed by atoms with Crippen molar-refractivity contribution in [3.63, 3.8) is 0 Å². The van der Waals surface area contributed by atoms with Crippen LogP contribution in [0, 0.1) is 6.92 Å². The average Bonchev–Trinajstić information content (AvgIpc) is 3.22. The number of carbonyl (C=O) groups excluding carboxylic acids is 1. The smallest absolute Gasteiger partial charge is 0.234 e. The van der Waals surface area contributed by atoms with E-state index < -0.39 is 0 Å². The van der Waals surface area contributed by atoms with Gasteiger partial charge in [0.15, 0.2) is 11.0 Å². The standard InChI is InChI=1S/C24H21ClN4O3S/c1-15-7-10-17(11-8-15)29-23(18-5-3-4-6-20(18)30)27-28-24(29)33-14-22(31)26-19-13-16(25)9-12-21(19)32-2/h3-13,30H,14H2,1-2H3,(H,26,31).